The average Bonchev–Trinajstić information content (AvgIpc) is 3.55. The number of aromatic nitrogens is 6. The number of aryl methyl sites for hydroxylation is 2. The molecule has 0 spiro atoms. The zero-order chi connectivity index (χ0) is 24.0. The second-order valence-corrected chi connectivity index (χ2v) is 8.63. The Bertz CT molecular complexity index is 1360. The van der Waals surface area contributed by atoms with Crippen LogP contribution in [0.3, 0.4) is 0 Å². The van der Waals surface area contributed by atoms with Crippen molar-refractivity contribution in [3.05, 3.63) is 59.2 Å². The van der Waals surface area contributed by atoms with Gasteiger partial charge in [0.05, 0.1) is 19.2 Å². The molecule has 9 heteroatoms. The van der Waals surface area contributed by atoms with Gasteiger partial charge in [-0.3, -0.25) is 9.48 Å². The summed E-state index contributed by atoms with van der Waals surface area (Å²) in [5.41, 5.74) is 6.71. The molecule has 5 rings (SSSR count). The molecule has 4 heterocycles. The number of hydrogen-bond acceptors (Lipinski definition) is 5. The van der Waals surface area contributed by atoms with Crippen LogP contribution in [-0.4, -0.2) is 53.6 Å². The fraction of sp³-hybridized carbons (Fsp3) is 0.360. The van der Waals surface area contributed by atoms with Crippen molar-refractivity contribution in [3.63, 3.8) is 0 Å². The van der Waals surface area contributed by atoms with E-state index in [2.05, 4.69) is 21.7 Å². The van der Waals surface area contributed by atoms with E-state index in [1.165, 1.54) is 0 Å². The zero-order valence-electron chi connectivity index (χ0n) is 20.2. The third kappa shape index (κ3) is 3.48. The highest BCUT2D eigenvalue weighted by Gasteiger charge is 2.30. The van der Waals surface area contributed by atoms with E-state index in [1.54, 1.807) is 13.4 Å². The molecular formula is C25H29N7O2. The smallest absolute Gasteiger partial charge is 0.256 e. The van der Waals surface area contributed by atoms with Crippen LogP contribution in [0.25, 0.3) is 22.8 Å². The van der Waals surface area contributed by atoms with Crippen LogP contribution >= 0.6 is 0 Å². The maximum Gasteiger partial charge on any atom is 0.256 e. The highest BCUT2D eigenvalue weighted by molar-refractivity contribution is 5.97. The molecule has 1 aliphatic heterocycles. The lowest BCUT2D eigenvalue weighted by Gasteiger charge is -2.27. The van der Waals surface area contributed by atoms with Crippen LogP contribution in [0.5, 0.6) is 5.75 Å². The minimum absolute atomic E-state index is 0.0327. The minimum Gasteiger partial charge on any atom is -0.497 e. The molecule has 0 N–H and O–H groups in total. The molecular weight excluding hydrogens is 430 g/mol. The monoisotopic (exact) mass is 459 g/mol. The summed E-state index contributed by atoms with van der Waals surface area (Å²) in [6, 6.07) is 9.89. The van der Waals surface area contributed by atoms with Gasteiger partial charge < -0.3 is 18.8 Å². The normalized spacial score (nSPS) is 13.3. The van der Waals surface area contributed by atoms with Gasteiger partial charge in [0.15, 0.2) is 5.82 Å². The number of fused-ring (bicyclic) bond motifs is 1. The van der Waals surface area contributed by atoms with Crippen molar-refractivity contribution in [1.82, 2.24) is 34.0 Å². The molecule has 0 unspecified atom stereocenters. The first-order valence-corrected chi connectivity index (χ1v) is 11.5. The van der Waals surface area contributed by atoms with Gasteiger partial charge in [-0.1, -0.05) is 0 Å². The Labute approximate surface area is 198 Å². The quantitative estimate of drug-likeness (QED) is 0.458. The van der Waals surface area contributed by atoms with Crippen LogP contribution in [0.2, 0.25) is 0 Å². The van der Waals surface area contributed by atoms with Crippen molar-refractivity contribution in [2.24, 2.45) is 14.1 Å². The van der Waals surface area contributed by atoms with Crippen LogP contribution in [0.4, 0.5) is 0 Å². The number of carbonyl (C=O) groups excluding carboxylic acids is 1. The number of hydrogen-bond donors (Lipinski definition) is 0. The Morgan fingerprint density at radius 1 is 1.18 bits per heavy atom. The number of benzene rings is 1. The second kappa shape index (κ2) is 8.48. The highest BCUT2D eigenvalue weighted by Crippen LogP contribution is 2.31. The van der Waals surface area contributed by atoms with E-state index in [0.29, 0.717) is 13.1 Å². The summed E-state index contributed by atoms with van der Waals surface area (Å²) >= 11 is 0. The molecule has 0 radical (unpaired) electrons. The van der Waals surface area contributed by atoms with E-state index >= 15 is 0 Å². The van der Waals surface area contributed by atoms with E-state index in [0.717, 1.165) is 64.0 Å². The third-order valence-electron chi connectivity index (χ3n) is 6.85. The Kier molecular flexibility index (Phi) is 5.47. The molecule has 1 aromatic carbocycles. The molecule has 0 saturated heterocycles. The first kappa shape index (κ1) is 21.9. The summed E-state index contributed by atoms with van der Waals surface area (Å²) in [7, 11) is 5.61. The summed E-state index contributed by atoms with van der Waals surface area (Å²) < 4.78 is 11.2. The molecule has 176 valence electrons. The van der Waals surface area contributed by atoms with E-state index in [1.807, 2.05) is 65.5 Å². The molecule has 1 aliphatic rings. The number of nitrogens with zero attached hydrogens (tertiary/aromatic N) is 7. The topological polar surface area (TPSA) is 83.0 Å². The van der Waals surface area contributed by atoms with Gasteiger partial charge in [-0.2, -0.15) is 5.10 Å². The van der Waals surface area contributed by atoms with Crippen molar-refractivity contribution in [2.75, 3.05) is 13.7 Å². The summed E-state index contributed by atoms with van der Waals surface area (Å²) in [6.07, 6.45) is 2.47. The van der Waals surface area contributed by atoms with Gasteiger partial charge >= 0.3 is 0 Å². The molecule has 0 atom stereocenters. The van der Waals surface area contributed by atoms with Crippen molar-refractivity contribution < 1.29 is 9.53 Å². The van der Waals surface area contributed by atoms with E-state index in [4.69, 9.17) is 9.84 Å². The molecule has 4 aromatic rings. The van der Waals surface area contributed by atoms with Gasteiger partial charge in [0.1, 0.15) is 17.8 Å². The predicted octanol–water partition coefficient (Wildman–Crippen LogP) is 3.22. The van der Waals surface area contributed by atoms with E-state index in [9.17, 15) is 4.79 Å². The SMILES string of the molecule is CCn1cnnc1-c1nn(C)c2c1CN(C(=O)c1cc(-c3ccc(OC)cc3)n(C)c1C)CC2. The van der Waals surface area contributed by atoms with Crippen molar-refractivity contribution >= 4 is 5.91 Å². The van der Waals surface area contributed by atoms with E-state index < -0.39 is 0 Å². The minimum atomic E-state index is 0.0327. The lowest BCUT2D eigenvalue weighted by atomic mass is 10.0. The van der Waals surface area contributed by atoms with Gasteiger partial charge in [0.2, 0.25) is 0 Å². The van der Waals surface area contributed by atoms with Crippen LogP contribution < -0.4 is 4.74 Å². The molecule has 0 saturated carbocycles. The van der Waals surface area contributed by atoms with Crippen LogP contribution in [0.15, 0.2) is 36.7 Å². The largest absolute Gasteiger partial charge is 0.497 e. The lowest BCUT2D eigenvalue weighted by Crippen LogP contribution is -2.36. The van der Waals surface area contributed by atoms with Crippen LogP contribution in [0, 0.1) is 6.92 Å². The lowest BCUT2D eigenvalue weighted by molar-refractivity contribution is 0.0733. The zero-order valence-corrected chi connectivity index (χ0v) is 20.2. The molecule has 3 aromatic heterocycles. The third-order valence-corrected chi connectivity index (χ3v) is 6.85. The number of amides is 1. The van der Waals surface area contributed by atoms with Crippen LogP contribution in [0.1, 0.15) is 34.2 Å². The summed E-state index contributed by atoms with van der Waals surface area (Å²) in [6.45, 7) is 5.96. The molecule has 0 bridgehead atoms. The molecule has 34 heavy (non-hydrogen) atoms. The first-order valence-electron chi connectivity index (χ1n) is 11.5. The average molecular weight is 460 g/mol. The van der Waals surface area contributed by atoms with Gasteiger partial charge in [-0.25, -0.2) is 0 Å². The fourth-order valence-corrected chi connectivity index (χ4v) is 4.74. The van der Waals surface area contributed by atoms with Gasteiger partial charge in [0, 0.05) is 56.3 Å². The van der Waals surface area contributed by atoms with Crippen LogP contribution in [-0.2, 0) is 33.6 Å². The first-order chi connectivity index (χ1) is 16.4. The molecule has 1 amide bonds. The number of carbonyl (C=O) groups is 1. The molecule has 0 fully saturated rings. The summed E-state index contributed by atoms with van der Waals surface area (Å²) in [4.78, 5) is 15.6. The maximum absolute atomic E-state index is 13.7. The number of rotatable bonds is 5. The Morgan fingerprint density at radius 3 is 2.65 bits per heavy atom. The van der Waals surface area contributed by atoms with Crippen molar-refractivity contribution in [2.45, 2.75) is 33.4 Å². The predicted molar refractivity (Wildman–Crippen MR) is 128 cm³/mol. The Morgan fingerprint density at radius 2 is 1.94 bits per heavy atom. The van der Waals surface area contributed by atoms with E-state index in [-0.39, 0.29) is 5.91 Å². The Hall–Kier alpha value is -3.88. The second-order valence-electron chi connectivity index (χ2n) is 8.63. The van der Waals surface area contributed by atoms with Gasteiger partial charge in [-0.05, 0) is 49.7 Å². The Balaban J connectivity index is 1.47. The van der Waals surface area contributed by atoms with Crippen molar-refractivity contribution in [3.8, 4) is 28.5 Å². The fourth-order valence-electron chi connectivity index (χ4n) is 4.74. The standard InChI is InChI=1S/C25H29N7O2/c1-6-31-15-26-27-24(31)23-20-14-32(12-11-21(20)30(4)28-23)25(33)19-13-22(29(3)16(19)2)17-7-9-18(34-5)10-8-17/h7-10,13,15H,6,11-12,14H2,1-5H3. The summed E-state index contributed by atoms with van der Waals surface area (Å²) in [5.74, 6) is 1.58. The maximum atomic E-state index is 13.7. The summed E-state index contributed by atoms with van der Waals surface area (Å²) in [5, 5.41) is 13.1. The highest BCUT2D eigenvalue weighted by atomic mass is 16.5. The van der Waals surface area contributed by atoms with Gasteiger partial charge in [-0.15, -0.1) is 10.2 Å². The molecule has 0 aliphatic carbocycles. The molecule has 9 nitrogen and oxygen atoms in total. The number of methoxy groups -OCH3 is 1. The van der Waals surface area contributed by atoms with Gasteiger partial charge in [0.25, 0.3) is 5.91 Å². The van der Waals surface area contributed by atoms with Crippen molar-refractivity contribution in [1.29, 1.82) is 0 Å². The number of ether oxygens (including phenoxy) is 1.